The van der Waals surface area contributed by atoms with Gasteiger partial charge in [0.1, 0.15) is 6.29 Å². The standard InChI is InChI=1S/C16H21BN2O2.C15H18N2O.C14H19BN2O2.C13H16N2O.C2HBO2.C2H4O.2CH4/c1-3-13-14-6-4-5-7-15(14)19(16(13)20)12-8-10-18(11-9-12)17(2)21;1-2-12-13-5-3-4-6-14(13)17(15(12)18)11-7-9-16-10-8-11;1-15(19)16-8-6-12(7-9-16)17-13-5-3-2-4-11(13)10-14(17)18;16-13-9-10-3-1-2-4-12(10)15(13)11-5-7-14-8-6-11;4-2-1-3-5;1-2-3;;/h3-7,12,21H,8-11H2,1-2H3;2-6,11,16H,7-10H2,1H3;2-5,12,19H,6-10H2,1H3;1-4,11,14H,5-9H2;4H;2H,1H3;2*1H4/b13-3-;12-2-;;;;;;. The van der Waals surface area contributed by atoms with Crippen molar-refractivity contribution in [1.29, 1.82) is 0 Å². The monoisotopic (exact) mass is 1140 g/mol. The van der Waals surface area contributed by atoms with Crippen LogP contribution in [0.3, 0.4) is 0 Å². The van der Waals surface area contributed by atoms with Crippen molar-refractivity contribution in [3.63, 3.8) is 0 Å². The van der Waals surface area contributed by atoms with Gasteiger partial charge in [0, 0.05) is 57.8 Å². The second kappa shape index (κ2) is 33.5. The predicted octanol–water partition coefficient (Wildman–Crippen LogP) is 7.48. The number of hydrogen-bond donors (Lipinski definition) is 5. The number of aliphatic hydroxyl groups excluding tert-OH is 1. The number of piperidine rings is 4. The largest absolute Gasteiger partial charge is 0.317 e. The molecule has 0 radical (unpaired) electrons. The Morgan fingerprint density at radius 3 is 1.14 bits per heavy atom. The molecule has 84 heavy (non-hydrogen) atoms. The van der Waals surface area contributed by atoms with Crippen molar-refractivity contribution >= 4 is 85.1 Å². The Kier molecular flexibility index (Phi) is 27.0. The Balaban J connectivity index is 0.000000195. The first-order chi connectivity index (χ1) is 39.8. The van der Waals surface area contributed by atoms with Crippen LogP contribution in [0.15, 0.2) is 109 Å². The van der Waals surface area contributed by atoms with E-state index in [2.05, 4.69) is 38.5 Å². The van der Waals surface area contributed by atoms with Gasteiger partial charge >= 0.3 is 43.0 Å². The van der Waals surface area contributed by atoms with Gasteiger partial charge in [-0.2, -0.15) is 0 Å². The first kappa shape index (κ1) is 67.8. The zero-order valence-corrected chi connectivity index (χ0v) is 48.2. The fourth-order valence-electron chi connectivity index (χ4n) is 12.4. The molecule has 0 spiro atoms. The average Bonchev–Trinajstić information content (AvgIpc) is 2.99. The van der Waals surface area contributed by atoms with Gasteiger partial charge in [-0.3, -0.25) is 19.2 Å². The number of anilines is 4. The normalized spacial score (nSPS) is 19.4. The Labute approximate surface area is 500 Å². The molecule has 446 valence electrons. The Morgan fingerprint density at radius 1 is 0.512 bits per heavy atom. The summed E-state index contributed by atoms with van der Waals surface area (Å²) in [6.07, 6.45) is 15.0. The van der Waals surface area contributed by atoms with Crippen LogP contribution in [0.4, 0.5) is 22.7 Å². The van der Waals surface area contributed by atoms with Crippen LogP contribution in [-0.2, 0) is 41.5 Å². The zero-order chi connectivity index (χ0) is 58.7. The summed E-state index contributed by atoms with van der Waals surface area (Å²) in [5.74, 6) is 2.52. The summed E-state index contributed by atoms with van der Waals surface area (Å²) >= 11 is 0. The van der Waals surface area contributed by atoms with Crippen molar-refractivity contribution in [2.45, 2.75) is 138 Å². The zero-order valence-electron chi connectivity index (χ0n) is 48.2. The van der Waals surface area contributed by atoms with E-state index < -0.39 is 7.05 Å². The number of nitrogens with zero attached hydrogens (tertiary/aromatic N) is 6. The number of aliphatic hydroxyl groups is 1. The molecule has 0 bridgehead atoms. The van der Waals surface area contributed by atoms with E-state index in [0.29, 0.717) is 32.1 Å². The topological polar surface area (TPSA) is 207 Å². The number of fused-ring (bicyclic) bond motifs is 4. The molecule has 8 heterocycles. The van der Waals surface area contributed by atoms with E-state index in [9.17, 15) is 29.2 Å². The van der Waals surface area contributed by atoms with Crippen LogP contribution in [0, 0.1) is 11.9 Å². The van der Waals surface area contributed by atoms with Crippen molar-refractivity contribution in [2.75, 3.05) is 72.0 Å². The Hall–Kier alpha value is -6.98. The number of carbonyl (C=O) groups excluding carboxylic acids is 5. The van der Waals surface area contributed by atoms with Gasteiger partial charge in [-0.1, -0.05) is 99.8 Å². The Bertz CT molecular complexity index is 2970. The van der Waals surface area contributed by atoms with Crippen LogP contribution in [-0.4, -0.2) is 152 Å². The molecule has 0 atom stereocenters. The number of aldehydes is 1. The number of carbonyl (C=O) groups is 5. The number of benzene rings is 4. The van der Waals surface area contributed by atoms with Crippen LogP contribution in [0.2, 0.25) is 13.6 Å². The van der Waals surface area contributed by atoms with E-state index in [1.165, 1.54) is 18.6 Å². The van der Waals surface area contributed by atoms with Crippen molar-refractivity contribution in [1.82, 2.24) is 20.3 Å². The van der Waals surface area contributed by atoms with E-state index in [0.717, 1.165) is 161 Å². The average molecular weight is 1140 g/mol. The van der Waals surface area contributed by atoms with Gasteiger partial charge in [0.05, 0.1) is 24.2 Å². The van der Waals surface area contributed by atoms with E-state index in [4.69, 9.17) is 14.6 Å². The molecule has 0 aromatic heterocycles. The van der Waals surface area contributed by atoms with Crippen molar-refractivity contribution in [3.05, 3.63) is 131 Å². The molecule has 17 nitrogen and oxygen atoms in total. The van der Waals surface area contributed by atoms with Gasteiger partial charge in [0.25, 0.3) is 11.8 Å². The van der Waals surface area contributed by atoms with E-state index in [1.54, 1.807) is 19.5 Å². The number of nitrogens with one attached hydrogen (secondary N) is 2. The van der Waals surface area contributed by atoms with Crippen LogP contribution < -0.4 is 30.2 Å². The third kappa shape index (κ3) is 16.3. The minimum Gasteiger partial charge on any atom is -0.317 e. The predicted molar refractivity (Wildman–Crippen MR) is 340 cm³/mol. The summed E-state index contributed by atoms with van der Waals surface area (Å²) in [6, 6.07) is 33.6. The third-order valence-electron chi connectivity index (χ3n) is 16.4. The van der Waals surface area contributed by atoms with Gasteiger partial charge in [-0.05, 0) is 174 Å². The molecule has 4 aromatic carbocycles. The molecule has 4 saturated heterocycles. The summed E-state index contributed by atoms with van der Waals surface area (Å²) in [6.45, 7) is 16.3. The van der Waals surface area contributed by atoms with Gasteiger partial charge in [-0.25, -0.2) is 0 Å². The number of para-hydroxylation sites is 4. The molecule has 4 aromatic rings. The fraction of sp³-hybridized carbons (Fsp3) is 0.453. The summed E-state index contributed by atoms with van der Waals surface area (Å²) in [5.41, 5.74) is 10.5. The third-order valence-corrected chi connectivity index (χ3v) is 16.4. The van der Waals surface area contributed by atoms with Crippen LogP contribution in [0.25, 0.3) is 11.1 Å². The molecular weight excluding hydrogens is 1060 g/mol. The van der Waals surface area contributed by atoms with E-state index in [1.807, 2.05) is 124 Å². The molecule has 8 aliphatic heterocycles. The molecule has 8 aliphatic rings. The maximum absolute atomic E-state index is 12.7. The fourth-order valence-corrected chi connectivity index (χ4v) is 12.4. The second-order valence-corrected chi connectivity index (χ2v) is 21.3. The molecule has 12 rings (SSSR count). The van der Waals surface area contributed by atoms with Crippen LogP contribution >= 0.6 is 0 Å². The first-order valence-electron chi connectivity index (χ1n) is 29.0. The number of rotatable bonds is 6. The first-order valence-corrected chi connectivity index (χ1v) is 29.0. The number of amides is 4. The van der Waals surface area contributed by atoms with Gasteiger partial charge in [0.2, 0.25) is 11.8 Å². The molecule has 5 N–H and O–H groups in total. The van der Waals surface area contributed by atoms with Crippen LogP contribution in [0.5, 0.6) is 0 Å². The smallest absolute Gasteiger partial charge is 0.231 e. The minimum absolute atomic E-state index is 0. The van der Waals surface area contributed by atoms with Crippen molar-refractivity contribution < 1.29 is 43.8 Å². The van der Waals surface area contributed by atoms with Crippen LogP contribution in [0.1, 0.15) is 109 Å². The van der Waals surface area contributed by atoms with E-state index in [-0.39, 0.29) is 57.6 Å². The summed E-state index contributed by atoms with van der Waals surface area (Å²) in [4.78, 5) is 70.4. The molecule has 0 unspecified atom stereocenters. The molecule has 20 heteroatoms. The van der Waals surface area contributed by atoms with Gasteiger partial charge in [-0.15, -0.1) is 0 Å². The molecular formula is C64H87B3N8O9. The maximum Gasteiger partial charge on any atom is 0.231 e. The summed E-state index contributed by atoms with van der Waals surface area (Å²) < 4.78 is 9.07. The van der Waals surface area contributed by atoms with Crippen molar-refractivity contribution in [2.24, 2.45) is 0 Å². The molecule has 0 saturated carbocycles. The van der Waals surface area contributed by atoms with Gasteiger partial charge in [0.15, 0.2) is 0 Å². The maximum atomic E-state index is 12.7. The van der Waals surface area contributed by atoms with Gasteiger partial charge < -0.3 is 54.7 Å². The SMILES string of the molecule is C.C.C/C=C1\C(=O)N(C2CCN(B(C)O)CC2)c2ccccc21.C/C=C1\C(=O)N(C2CCNCC2)c2ccccc21.CB(O)N1CCC(N2C(=O)Cc3ccccc32)CC1.CC=O.O=BC#CO.O=C1Cc2ccccc2N1C1CCNCC1. The minimum atomic E-state index is -0.404. The quantitative estimate of drug-likeness (QED) is 0.0550. The summed E-state index contributed by atoms with van der Waals surface area (Å²) in [5, 5.41) is 33.4. The second-order valence-electron chi connectivity index (χ2n) is 21.3. The Morgan fingerprint density at radius 2 is 0.821 bits per heavy atom. The number of hydrogen-bond acceptors (Lipinski definition) is 13. The summed E-state index contributed by atoms with van der Waals surface area (Å²) in [7, 11) is -0.471. The van der Waals surface area contributed by atoms with E-state index >= 15 is 0 Å². The van der Waals surface area contributed by atoms with Crippen molar-refractivity contribution in [3.8, 4) is 11.9 Å². The molecule has 0 aliphatic carbocycles. The molecule has 4 amide bonds. The molecule has 4 fully saturated rings. The number of allylic oxidation sites excluding steroid dienone is 2.